The lowest BCUT2D eigenvalue weighted by atomic mass is 9.83. The topological polar surface area (TPSA) is 105 Å². The van der Waals surface area contributed by atoms with Gasteiger partial charge in [0.25, 0.3) is 0 Å². The lowest BCUT2D eigenvalue weighted by Gasteiger charge is -2.25. The van der Waals surface area contributed by atoms with Crippen LogP contribution in [0.15, 0.2) is 42.5 Å². The van der Waals surface area contributed by atoms with E-state index in [1.165, 1.54) is 16.7 Å². The standard InChI is InChI=1S/C16H14N2O4/c17-14(20)16(15(21)22)8-9-18-11(6-7-12(16)18)13(19)10-4-2-1-3-5-10/h1-7H,8-9H2,(H2,17,20)(H,21,22)/p-1. The molecule has 0 aliphatic carbocycles. The number of fused-ring (bicyclic) bond motifs is 1. The molecule has 6 nitrogen and oxygen atoms in total. The van der Waals surface area contributed by atoms with Crippen molar-refractivity contribution in [1.29, 1.82) is 0 Å². The Labute approximate surface area is 126 Å². The van der Waals surface area contributed by atoms with Crippen LogP contribution in [0.5, 0.6) is 0 Å². The summed E-state index contributed by atoms with van der Waals surface area (Å²) >= 11 is 0. The van der Waals surface area contributed by atoms with E-state index in [2.05, 4.69) is 0 Å². The van der Waals surface area contributed by atoms with Crippen molar-refractivity contribution < 1.29 is 19.5 Å². The van der Waals surface area contributed by atoms with Gasteiger partial charge in [0.2, 0.25) is 11.7 Å². The van der Waals surface area contributed by atoms with Gasteiger partial charge in [0.05, 0.1) is 11.7 Å². The second-order valence-corrected chi connectivity index (χ2v) is 5.26. The van der Waals surface area contributed by atoms with Crippen molar-refractivity contribution in [2.75, 3.05) is 0 Å². The van der Waals surface area contributed by atoms with Crippen LogP contribution >= 0.6 is 0 Å². The summed E-state index contributed by atoms with van der Waals surface area (Å²) in [6, 6.07) is 11.6. The minimum absolute atomic E-state index is 0.00406. The zero-order chi connectivity index (χ0) is 15.9. The Kier molecular flexibility index (Phi) is 3.09. The predicted molar refractivity (Wildman–Crippen MR) is 74.8 cm³/mol. The van der Waals surface area contributed by atoms with Gasteiger partial charge < -0.3 is 20.2 Å². The number of carbonyl (C=O) groups excluding carboxylic acids is 3. The van der Waals surface area contributed by atoms with E-state index < -0.39 is 17.3 Å². The molecule has 0 bridgehead atoms. The number of ketones is 1. The molecule has 3 rings (SSSR count). The molecule has 0 saturated carbocycles. The van der Waals surface area contributed by atoms with Crippen molar-refractivity contribution >= 4 is 17.7 Å². The van der Waals surface area contributed by atoms with Gasteiger partial charge in [-0.1, -0.05) is 30.3 Å². The predicted octanol–water partition coefficient (Wildman–Crippen LogP) is -0.404. The highest BCUT2D eigenvalue weighted by atomic mass is 16.4. The van der Waals surface area contributed by atoms with E-state index in [0.29, 0.717) is 11.3 Å². The van der Waals surface area contributed by atoms with Gasteiger partial charge in [-0.25, -0.2) is 0 Å². The van der Waals surface area contributed by atoms with Crippen LogP contribution in [0.2, 0.25) is 0 Å². The van der Waals surface area contributed by atoms with Gasteiger partial charge in [-0.2, -0.15) is 0 Å². The van der Waals surface area contributed by atoms with Gasteiger partial charge in [0.15, 0.2) is 0 Å². The molecule has 1 aliphatic heterocycles. The second kappa shape index (κ2) is 4.84. The van der Waals surface area contributed by atoms with Crippen LogP contribution in [0.1, 0.15) is 28.2 Å². The number of nitrogens with two attached hydrogens (primary N) is 1. The number of hydrogen-bond acceptors (Lipinski definition) is 4. The molecule has 1 atom stereocenters. The highest BCUT2D eigenvalue weighted by molar-refractivity contribution is 6.10. The molecular weight excluding hydrogens is 284 g/mol. The van der Waals surface area contributed by atoms with Crippen molar-refractivity contribution in [1.82, 2.24) is 4.57 Å². The molecule has 2 heterocycles. The summed E-state index contributed by atoms with van der Waals surface area (Å²) in [4.78, 5) is 35.7. The molecule has 0 saturated heterocycles. The van der Waals surface area contributed by atoms with Crippen molar-refractivity contribution in [3.8, 4) is 0 Å². The number of carboxylic acid groups (broad SMARTS) is 1. The average molecular weight is 297 g/mol. The number of rotatable bonds is 4. The normalized spacial score (nSPS) is 19.6. The van der Waals surface area contributed by atoms with E-state index >= 15 is 0 Å². The molecule has 1 unspecified atom stereocenters. The Morgan fingerprint density at radius 3 is 2.36 bits per heavy atom. The number of aromatic nitrogens is 1. The van der Waals surface area contributed by atoms with Crippen LogP contribution in [-0.4, -0.2) is 22.2 Å². The number of benzene rings is 1. The molecule has 1 aromatic heterocycles. The van der Waals surface area contributed by atoms with E-state index in [4.69, 9.17) is 5.73 Å². The quantitative estimate of drug-likeness (QED) is 0.612. The highest BCUT2D eigenvalue weighted by Gasteiger charge is 2.47. The van der Waals surface area contributed by atoms with Crippen LogP contribution in [0.25, 0.3) is 0 Å². The van der Waals surface area contributed by atoms with Gasteiger partial charge >= 0.3 is 0 Å². The van der Waals surface area contributed by atoms with E-state index in [9.17, 15) is 19.5 Å². The fraction of sp³-hybridized carbons (Fsp3) is 0.188. The number of nitrogens with zero attached hydrogens (tertiary/aromatic N) is 1. The molecule has 22 heavy (non-hydrogen) atoms. The molecule has 2 aromatic rings. The molecule has 1 aliphatic rings. The maximum atomic E-state index is 12.5. The minimum atomic E-state index is -1.87. The molecule has 2 N–H and O–H groups in total. The smallest absolute Gasteiger partial charge is 0.235 e. The Hall–Kier alpha value is -2.89. The molecule has 112 valence electrons. The minimum Gasteiger partial charge on any atom is -0.549 e. The van der Waals surface area contributed by atoms with Crippen LogP contribution < -0.4 is 10.8 Å². The van der Waals surface area contributed by atoms with Gasteiger partial charge in [0.1, 0.15) is 5.41 Å². The third kappa shape index (κ3) is 1.77. The Balaban J connectivity index is 2.09. The average Bonchev–Trinajstić information content (AvgIpc) is 3.07. The highest BCUT2D eigenvalue weighted by Crippen LogP contribution is 2.36. The first-order valence-electron chi connectivity index (χ1n) is 6.79. The number of hydrogen-bond donors (Lipinski definition) is 1. The Morgan fingerprint density at radius 1 is 1.09 bits per heavy atom. The summed E-state index contributed by atoms with van der Waals surface area (Å²) in [7, 11) is 0. The van der Waals surface area contributed by atoms with Gasteiger partial charge in [-0.15, -0.1) is 0 Å². The first-order chi connectivity index (χ1) is 10.5. The van der Waals surface area contributed by atoms with Crippen molar-refractivity contribution in [3.05, 3.63) is 59.4 Å². The second-order valence-electron chi connectivity index (χ2n) is 5.26. The summed E-state index contributed by atoms with van der Waals surface area (Å²) in [6.07, 6.45) is -0.00406. The largest absolute Gasteiger partial charge is 0.549 e. The van der Waals surface area contributed by atoms with Crippen molar-refractivity contribution in [3.63, 3.8) is 0 Å². The molecule has 1 amide bonds. The SMILES string of the molecule is NC(=O)C1(C(=O)[O-])CCn2c(C(=O)c3ccccc3)ccc21. The summed E-state index contributed by atoms with van der Waals surface area (Å²) in [5, 5.41) is 11.5. The van der Waals surface area contributed by atoms with E-state index in [1.807, 2.05) is 0 Å². The maximum Gasteiger partial charge on any atom is 0.235 e. The molecule has 0 fully saturated rings. The number of amides is 1. The lowest BCUT2D eigenvalue weighted by Crippen LogP contribution is -2.53. The summed E-state index contributed by atoms with van der Waals surface area (Å²) in [6.45, 7) is 0.229. The van der Waals surface area contributed by atoms with Gasteiger partial charge in [-0.3, -0.25) is 9.59 Å². The van der Waals surface area contributed by atoms with E-state index in [-0.39, 0.29) is 24.4 Å². The summed E-state index contributed by atoms with van der Waals surface area (Å²) < 4.78 is 1.54. The van der Waals surface area contributed by atoms with Crippen LogP contribution in [0.4, 0.5) is 0 Å². The first-order valence-corrected chi connectivity index (χ1v) is 6.79. The summed E-state index contributed by atoms with van der Waals surface area (Å²) in [5.41, 5.74) is 4.46. The monoisotopic (exact) mass is 297 g/mol. The van der Waals surface area contributed by atoms with Crippen LogP contribution in [-0.2, 0) is 21.5 Å². The molecule has 1 aromatic carbocycles. The molecule has 0 radical (unpaired) electrons. The molecular formula is C16H13N2O4-. The number of carboxylic acids is 1. The lowest BCUT2D eigenvalue weighted by molar-refractivity contribution is -0.312. The van der Waals surface area contributed by atoms with Crippen LogP contribution in [0.3, 0.4) is 0 Å². The zero-order valence-electron chi connectivity index (χ0n) is 11.6. The van der Waals surface area contributed by atoms with Crippen molar-refractivity contribution in [2.45, 2.75) is 18.4 Å². The Bertz CT molecular complexity index is 763. The fourth-order valence-corrected chi connectivity index (χ4v) is 2.98. The molecule has 6 heteroatoms. The van der Waals surface area contributed by atoms with Crippen LogP contribution in [0, 0.1) is 0 Å². The molecule has 0 spiro atoms. The third-order valence-corrected chi connectivity index (χ3v) is 4.17. The number of carbonyl (C=O) groups is 3. The van der Waals surface area contributed by atoms with Gasteiger partial charge in [0, 0.05) is 17.8 Å². The van der Waals surface area contributed by atoms with Crippen molar-refractivity contribution in [2.24, 2.45) is 5.73 Å². The zero-order valence-corrected chi connectivity index (χ0v) is 11.6. The van der Waals surface area contributed by atoms with E-state index in [0.717, 1.165) is 0 Å². The maximum absolute atomic E-state index is 12.5. The van der Waals surface area contributed by atoms with Gasteiger partial charge in [-0.05, 0) is 18.6 Å². The van der Waals surface area contributed by atoms with E-state index in [1.54, 1.807) is 30.3 Å². The number of aliphatic carboxylic acids is 1. The third-order valence-electron chi connectivity index (χ3n) is 4.17. The first kappa shape index (κ1) is 14.1. The summed E-state index contributed by atoms with van der Waals surface area (Å²) in [5.74, 6) is -2.73. The Morgan fingerprint density at radius 2 is 1.77 bits per heavy atom. The fourth-order valence-electron chi connectivity index (χ4n) is 2.98. The number of primary amides is 1.